The second kappa shape index (κ2) is 8.85. The standard InChI is InChI=1S/C22H21NO4/c1-16-7-9-18(10-8-16)23-21(24)15-26-22(25)14-12-19-11-13-20(27-19)17-5-3-2-4-6-17/h2-11,13H,12,14-15H2,1H3,(H,23,24). The molecule has 0 unspecified atom stereocenters. The molecule has 5 heteroatoms. The number of ether oxygens (including phenoxy) is 1. The number of hydrogen-bond acceptors (Lipinski definition) is 4. The fourth-order valence-corrected chi connectivity index (χ4v) is 2.55. The number of nitrogens with one attached hydrogen (secondary N) is 1. The number of carbonyl (C=O) groups is 2. The average molecular weight is 363 g/mol. The summed E-state index contributed by atoms with van der Waals surface area (Å²) in [5, 5.41) is 2.69. The van der Waals surface area contributed by atoms with E-state index in [9.17, 15) is 9.59 Å². The van der Waals surface area contributed by atoms with Crippen LogP contribution >= 0.6 is 0 Å². The molecule has 2 aromatic carbocycles. The van der Waals surface area contributed by atoms with Gasteiger partial charge in [-0.25, -0.2) is 0 Å². The quantitative estimate of drug-likeness (QED) is 0.633. The molecular weight excluding hydrogens is 342 g/mol. The minimum Gasteiger partial charge on any atom is -0.461 e. The number of carbonyl (C=O) groups excluding carboxylic acids is 2. The molecule has 0 aliphatic heterocycles. The van der Waals surface area contributed by atoms with Crippen molar-refractivity contribution in [3.63, 3.8) is 0 Å². The van der Waals surface area contributed by atoms with Gasteiger partial charge >= 0.3 is 5.97 Å². The molecule has 1 aromatic heterocycles. The van der Waals surface area contributed by atoms with Crippen LogP contribution in [-0.4, -0.2) is 18.5 Å². The molecule has 0 fully saturated rings. The largest absolute Gasteiger partial charge is 0.461 e. The van der Waals surface area contributed by atoms with Gasteiger partial charge in [0.25, 0.3) is 5.91 Å². The summed E-state index contributed by atoms with van der Waals surface area (Å²) in [5.41, 5.74) is 2.76. The number of hydrogen-bond donors (Lipinski definition) is 1. The molecule has 1 heterocycles. The molecule has 0 saturated heterocycles. The smallest absolute Gasteiger partial charge is 0.306 e. The highest BCUT2D eigenvalue weighted by molar-refractivity contribution is 5.92. The van der Waals surface area contributed by atoms with E-state index in [1.807, 2.05) is 61.5 Å². The lowest BCUT2D eigenvalue weighted by Gasteiger charge is -2.06. The zero-order valence-electron chi connectivity index (χ0n) is 15.1. The van der Waals surface area contributed by atoms with Crippen LogP contribution in [0.1, 0.15) is 17.7 Å². The third-order valence-corrected chi connectivity index (χ3v) is 4.00. The lowest BCUT2D eigenvalue weighted by molar-refractivity contribution is -0.147. The number of rotatable bonds is 7. The predicted molar refractivity (Wildman–Crippen MR) is 103 cm³/mol. The van der Waals surface area contributed by atoms with Gasteiger partial charge in [0.1, 0.15) is 11.5 Å². The molecule has 0 atom stereocenters. The van der Waals surface area contributed by atoms with Crippen LogP contribution in [0.4, 0.5) is 5.69 Å². The summed E-state index contributed by atoms with van der Waals surface area (Å²) < 4.78 is 10.8. The van der Waals surface area contributed by atoms with Crippen molar-refractivity contribution in [2.75, 3.05) is 11.9 Å². The normalized spacial score (nSPS) is 10.4. The van der Waals surface area contributed by atoms with Gasteiger partial charge in [0, 0.05) is 17.7 Å². The Balaban J connectivity index is 1.41. The number of esters is 1. The van der Waals surface area contributed by atoms with Crippen molar-refractivity contribution >= 4 is 17.6 Å². The molecule has 1 amide bonds. The Morgan fingerprint density at radius 1 is 0.963 bits per heavy atom. The maximum Gasteiger partial charge on any atom is 0.306 e. The minimum absolute atomic E-state index is 0.152. The summed E-state index contributed by atoms with van der Waals surface area (Å²) in [6.45, 7) is 1.66. The Morgan fingerprint density at radius 3 is 2.44 bits per heavy atom. The molecule has 3 rings (SSSR count). The van der Waals surface area contributed by atoms with Crippen molar-refractivity contribution in [1.82, 2.24) is 0 Å². The SMILES string of the molecule is Cc1ccc(NC(=O)COC(=O)CCc2ccc(-c3ccccc3)o2)cc1. The van der Waals surface area contributed by atoms with Gasteiger partial charge in [-0.2, -0.15) is 0 Å². The highest BCUT2D eigenvalue weighted by Gasteiger charge is 2.10. The Morgan fingerprint density at radius 2 is 1.70 bits per heavy atom. The molecule has 3 aromatic rings. The predicted octanol–water partition coefficient (Wildman–Crippen LogP) is 4.37. The van der Waals surface area contributed by atoms with Gasteiger partial charge in [-0.05, 0) is 31.2 Å². The first kappa shape index (κ1) is 18.5. The Labute approximate surface area is 158 Å². The van der Waals surface area contributed by atoms with E-state index >= 15 is 0 Å². The van der Waals surface area contributed by atoms with Crippen LogP contribution in [0, 0.1) is 6.92 Å². The minimum atomic E-state index is -0.438. The summed E-state index contributed by atoms with van der Waals surface area (Å²) in [4.78, 5) is 23.7. The fraction of sp³-hybridized carbons (Fsp3) is 0.182. The molecule has 1 N–H and O–H groups in total. The van der Waals surface area contributed by atoms with E-state index in [1.165, 1.54) is 0 Å². The molecule has 0 radical (unpaired) electrons. The molecule has 0 aliphatic carbocycles. The Bertz CT molecular complexity index is 898. The maximum atomic E-state index is 11.9. The zero-order chi connectivity index (χ0) is 19.1. The molecule has 0 saturated carbocycles. The third kappa shape index (κ3) is 5.57. The lowest BCUT2D eigenvalue weighted by atomic mass is 10.2. The van der Waals surface area contributed by atoms with Crippen LogP contribution in [0.15, 0.2) is 71.1 Å². The molecule has 27 heavy (non-hydrogen) atoms. The van der Waals surface area contributed by atoms with Crippen molar-refractivity contribution in [2.45, 2.75) is 19.8 Å². The van der Waals surface area contributed by atoms with Crippen LogP contribution in [0.2, 0.25) is 0 Å². The van der Waals surface area contributed by atoms with E-state index in [0.29, 0.717) is 17.9 Å². The molecule has 0 spiro atoms. The topological polar surface area (TPSA) is 68.5 Å². The number of furan rings is 1. The number of amides is 1. The van der Waals surface area contributed by atoms with Gasteiger partial charge in [-0.1, -0.05) is 48.0 Å². The van der Waals surface area contributed by atoms with E-state index in [4.69, 9.17) is 9.15 Å². The van der Waals surface area contributed by atoms with Crippen molar-refractivity contribution < 1.29 is 18.7 Å². The van der Waals surface area contributed by atoms with Gasteiger partial charge in [0.15, 0.2) is 6.61 Å². The van der Waals surface area contributed by atoms with Crippen molar-refractivity contribution in [2.24, 2.45) is 0 Å². The molecule has 5 nitrogen and oxygen atoms in total. The van der Waals surface area contributed by atoms with Crippen molar-refractivity contribution in [1.29, 1.82) is 0 Å². The van der Waals surface area contributed by atoms with Crippen LogP contribution in [0.5, 0.6) is 0 Å². The fourth-order valence-electron chi connectivity index (χ4n) is 2.55. The number of aryl methyl sites for hydroxylation is 2. The van der Waals surface area contributed by atoms with E-state index < -0.39 is 5.97 Å². The van der Waals surface area contributed by atoms with Gasteiger partial charge in [-0.3, -0.25) is 9.59 Å². The first-order valence-electron chi connectivity index (χ1n) is 8.76. The van der Waals surface area contributed by atoms with Gasteiger partial charge < -0.3 is 14.5 Å². The monoisotopic (exact) mass is 363 g/mol. The first-order valence-corrected chi connectivity index (χ1v) is 8.76. The molecule has 138 valence electrons. The summed E-state index contributed by atoms with van der Waals surface area (Å²) in [7, 11) is 0. The second-order valence-electron chi connectivity index (χ2n) is 6.21. The van der Waals surface area contributed by atoms with Gasteiger partial charge in [0.2, 0.25) is 0 Å². The van der Waals surface area contributed by atoms with Crippen LogP contribution < -0.4 is 5.32 Å². The summed E-state index contributed by atoms with van der Waals surface area (Å²) in [5.74, 6) is 0.662. The van der Waals surface area contributed by atoms with Crippen molar-refractivity contribution in [3.8, 4) is 11.3 Å². The van der Waals surface area contributed by atoms with E-state index in [2.05, 4.69) is 5.32 Å². The highest BCUT2D eigenvalue weighted by atomic mass is 16.5. The summed E-state index contributed by atoms with van der Waals surface area (Å²) in [6.07, 6.45) is 0.574. The van der Waals surface area contributed by atoms with Gasteiger partial charge in [0.05, 0.1) is 6.42 Å². The first-order chi connectivity index (χ1) is 13.1. The summed E-state index contributed by atoms with van der Waals surface area (Å²) in [6, 6.07) is 20.9. The molecule has 0 aliphatic rings. The van der Waals surface area contributed by atoms with Crippen LogP contribution in [0.25, 0.3) is 11.3 Å². The van der Waals surface area contributed by atoms with Crippen LogP contribution in [0.3, 0.4) is 0 Å². The van der Waals surface area contributed by atoms with Crippen LogP contribution in [-0.2, 0) is 20.7 Å². The van der Waals surface area contributed by atoms with E-state index in [0.717, 1.165) is 16.9 Å². The second-order valence-corrected chi connectivity index (χ2v) is 6.21. The van der Waals surface area contributed by atoms with Gasteiger partial charge in [-0.15, -0.1) is 0 Å². The maximum absolute atomic E-state index is 11.9. The molecular formula is C22H21NO4. The zero-order valence-corrected chi connectivity index (χ0v) is 15.1. The average Bonchev–Trinajstić information content (AvgIpc) is 3.16. The van der Waals surface area contributed by atoms with Crippen molar-refractivity contribution in [3.05, 3.63) is 78.1 Å². The summed E-state index contributed by atoms with van der Waals surface area (Å²) >= 11 is 0. The highest BCUT2D eigenvalue weighted by Crippen LogP contribution is 2.22. The van der Waals surface area contributed by atoms with E-state index in [-0.39, 0.29) is 18.9 Å². The lowest BCUT2D eigenvalue weighted by Crippen LogP contribution is -2.21. The third-order valence-electron chi connectivity index (χ3n) is 4.00. The Kier molecular flexibility index (Phi) is 6.05. The van der Waals surface area contributed by atoms with E-state index in [1.54, 1.807) is 12.1 Å². The Hall–Kier alpha value is -3.34. The number of anilines is 1. The number of benzene rings is 2. The molecule has 0 bridgehead atoms.